The van der Waals surface area contributed by atoms with Crippen LogP contribution < -0.4 is 5.73 Å². The topological polar surface area (TPSA) is 35.2 Å². The zero-order valence-electron chi connectivity index (χ0n) is 10.4. The minimum atomic E-state index is -0.0143. The van der Waals surface area contributed by atoms with E-state index < -0.39 is 0 Å². The Kier molecular flexibility index (Phi) is 3.77. The van der Waals surface area contributed by atoms with E-state index >= 15 is 0 Å². The van der Waals surface area contributed by atoms with Gasteiger partial charge >= 0.3 is 0 Å². The second kappa shape index (κ2) is 5.30. The Hall–Kier alpha value is -1.38. The fourth-order valence-electron chi connectivity index (χ4n) is 2.01. The van der Waals surface area contributed by atoms with Crippen LogP contribution in [0.5, 0.6) is 0 Å². The first-order valence-corrected chi connectivity index (χ1v) is 6.05. The molecule has 0 bridgehead atoms. The fourth-order valence-corrected chi connectivity index (χ4v) is 2.01. The van der Waals surface area contributed by atoms with Crippen LogP contribution in [-0.4, -0.2) is 12.6 Å². The lowest BCUT2D eigenvalue weighted by molar-refractivity contribution is 0.0120. The lowest BCUT2D eigenvalue weighted by Gasteiger charge is -2.19. The number of fused-ring (bicyclic) bond motifs is 1. The van der Waals surface area contributed by atoms with Crippen LogP contribution in [0.2, 0.25) is 0 Å². The van der Waals surface area contributed by atoms with Crippen LogP contribution in [0.25, 0.3) is 10.8 Å². The molecule has 17 heavy (non-hydrogen) atoms. The van der Waals surface area contributed by atoms with Crippen molar-refractivity contribution in [2.45, 2.75) is 26.1 Å². The summed E-state index contributed by atoms with van der Waals surface area (Å²) in [5, 5.41) is 2.48. The molecule has 0 spiro atoms. The molecule has 0 unspecified atom stereocenters. The smallest absolute Gasteiger partial charge is 0.0950 e. The second-order valence-corrected chi connectivity index (χ2v) is 4.52. The summed E-state index contributed by atoms with van der Waals surface area (Å²) in [5.74, 6) is 0. The maximum Gasteiger partial charge on any atom is 0.0950 e. The molecule has 0 aliphatic carbocycles. The van der Waals surface area contributed by atoms with Crippen molar-refractivity contribution in [1.29, 1.82) is 0 Å². The molecule has 2 aromatic carbocycles. The number of nitrogens with two attached hydrogens (primary N) is 1. The molecule has 0 amide bonds. The van der Waals surface area contributed by atoms with Gasteiger partial charge < -0.3 is 10.5 Å². The van der Waals surface area contributed by atoms with Crippen molar-refractivity contribution in [3.63, 3.8) is 0 Å². The van der Waals surface area contributed by atoms with E-state index in [2.05, 4.69) is 30.3 Å². The van der Waals surface area contributed by atoms with Crippen LogP contribution in [0.1, 0.15) is 25.5 Å². The molecule has 2 rings (SSSR count). The summed E-state index contributed by atoms with van der Waals surface area (Å²) in [7, 11) is 0. The van der Waals surface area contributed by atoms with Crippen LogP contribution in [0, 0.1) is 0 Å². The average Bonchev–Trinajstić information content (AvgIpc) is 2.35. The third-order valence-corrected chi connectivity index (χ3v) is 2.80. The van der Waals surface area contributed by atoms with Crippen LogP contribution in [-0.2, 0) is 4.74 Å². The van der Waals surface area contributed by atoms with Gasteiger partial charge in [0, 0.05) is 6.54 Å². The first-order valence-electron chi connectivity index (χ1n) is 6.05. The molecule has 1 atom stereocenters. The molecule has 2 N–H and O–H groups in total. The highest BCUT2D eigenvalue weighted by atomic mass is 16.5. The normalized spacial score (nSPS) is 13.2. The molecule has 0 aliphatic rings. The van der Waals surface area contributed by atoms with Gasteiger partial charge in [0.25, 0.3) is 0 Å². The molecule has 2 nitrogen and oxygen atoms in total. The van der Waals surface area contributed by atoms with Crippen LogP contribution in [0.4, 0.5) is 0 Å². The molecule has 0 fully saturated rings. The average molecular weight is 229 g/mol. The first kappa shape index (κ1) is 12.1. The Morgan fingerprint density at radius 3 is 2.41 bits per heavy atom. The number of benzene rings is 2. The van der Waals surface area contributed by atoms with E-state index in [0.29, 0.717) is 6.54 Å². The van der Waals surface area contributed by atoms with Crippen molar-refractivity contribution in [3.05, 3.63) is 48.0 Å². The van der Waals surface area contributed by atoms with Crippen molar-refractivity contribution in [2.24, 2.45) is 5.73 Å². The molecule has 2 aromatic rings. The van der Waals surface area contributed by atoms with Crippen molar-refractivity contribution >= 4 is 10.8 Å². The van der Waals surface area contributed by atoms with E-state index in [4.69, 9.17) is 10.5 Å². The van der Waals surface area contributed by atoms with Gasteiger partial charge in [0.1, 0.15) is 0 Å². The molecule has 0 saturated heterocycles. The molecule has 0 heterocycles. The van der Waals surface area contributed by atoms with Gasteiger partial charge in [-0.3, -0.25) is 0 Å². The summed E-state index contributed by atoms with van der Waals surface area (Å²) >= 11 is 0. The van der Waals surface area contributed by atoms with E-state index in [1.807, 2.05) is 26.0 Å². The molecule has 0 radical (unpaired) electrons. The lowest BCUT2D eigenvalue weighted by atomic mass is 10.0. The van der Waals surface area contributed by atoms with Crippen LogP contribution in [0.15, 0.2) is 42.5 Å². The quantitative estimate of drug-likeness (QED) is 0.873. The summed E-state index contributed by atoms with van der Waals surface area (Å²) < 4.78 is 5.81. The van der Waals surface area contributed by atoms with E-state index in [1.54, 1.807) is 0 Å². The first-order chi connectivity index (χ1) is 8.20. The van der Waals surface area contributed by atoms with Gasteiger partial charge in [-0.15, -0.1) is 0 Å². The van der Waals surface area contributed by atoms with Crippen molar-refractivity contribution in [2.75, 3.05) is 6.54 Å². The Labute approximate surface area is 102 Å². The summed E-state index contributed by atoms with van der Waals surface area (Å²) in [6, 6.07) is 14.7. The van der Waals surface area contributed by atoms with E-state index in [0.717, 1.165) is 5.56 Å². The zero-order chi connectivity index (χ0) is 12.3. The van der Waals surface area contributed by atoms with Crippen molar-refractivity contribution in [1.82, 2.24) is 0 Å². The summed E-state index contributed by atoms with van der Waals surface area (Å²) in [5.41, 5.74) is 6.92. The Balaban J connectivity index is 2.34. The minimum absolute atomic E-state index is 0.0143. The van der Waals surface area contributed by atoms with Gasteiger partial charge in [-0.2, -0.15) is 0 Å². The lowest BCUT2D eigenvalue weighted by Crippen LogP contribution is -2.19. The molecule has 2 heteroatoms. The minimum Gasteiger partial charge on any atom is -0.370 e. The van der Waals surface area contributed by atoms with Gasteiger partial charge in [-0.05, 0) is 36.2 Å². The van der Waals surface area contributed by atoms with Crippen molar-refractivity contribution < 1.29 is 4.74 Å². The molecule has 90 valence electrons. The standard InChI is InChI=1S/C15H19NO/c1-11(2)17-15(10-16)14-8-7-12-5-3-4-6-13(12)9-14/h3-9,11,15H,10,16H2,1-2H3/t15-/m0/s1. The molecule has 0 saturated carbocycles. The van der Waals surface area contributed by atoms with Crippen molar-refractivity contribution in [3.8, 4) is 0 Å². The van der Waals surface area contributed by atoms with Gasteiger partial charge in [-0.25, -0.2) is 0 Å². The monoisotopic (exact) mass is 229 g/mol. The number of rotatable bonds is 4. The summed E-state index contributed by atoms with van der Waals surface area (Å²) in [6.45, 7) is 4.57. The Morgan fingerprint density at radius 2 is 1.76 bits per heavy atom. The van der Waals surface area contributed by atoms with Crippen LogP contribution in [0.3, 0.4) is 0 Å². The van der Waals surface area contributed by atoms with E-state index in [-0.39, 0.29) is 12.2 Å². The Bertz CT molecular complexity index is 493. The van der Waals surface area contributed by atoms with E-state index in [9.17, 15) is 0 Å². The highest BCUT2D eigenvalue weighted by Crippen LogP contribution is 2.23. The highest BCUT2D eigenvalue weighted by Gasteiger charge is 2.12. The second-order valence-electron chi connectivity index (χ2n) is 4.52. The molecular weight excluding hydrogens is 210 g/mol. The predicted octanol–water partition coefficient (Wildman–Crippen LogP) is 3.26. The van der Waals surface area contributed by atoms with Gasteiger partial charge in [0.05, 0.1) is 12.2 Å². The maximum absolute atomic E-state index is 5.81. The Morgan fingerprint density at radius 1 is 1.06 bits per heavy atom. The third kappa shape index (κ3) is 2.84. The van der Waals surface area contributed by atoms with Crippen LogP contribution >= 0.6 is 0 Å². The fraction of sp³-hybridized carbons (Fsp3) is 0.333. The highest BCUT2D eigenvalue weighted by molar-refractivity contribution is 5.83. The SMILES string of the molecule is CC(C)O[C@@H](CN)c1ccc2ccccc2c1. The third-order valence-electron chi connectivity index (χ3n) is 2.80. The summed E-state index contributed by atoms with van der Waals surface area (Å²) in [6.07, 6.45) is 0.176. The largest absolute Gasteiger partial charge is 0.370 e. The molecular formula is C15H19NO. The molecule has 0 aromatic heterocycles. The zero-order valence-corrected chi connectivity index (χ0v) is 10.4. The van der Waals surface area contributed by atoms with E-state index in [1.165, 1.54) is 10.8 Å². The summed E-state index contributed by atoms with van der Waals surface area (Å²) in [4.78, 5) is 0. The number of ether oxygens (including phenoxy) is 1. The predicted molar refractivity (Wildman–Crippen MR) is 72.0 cm³/mol. The molecule has 0 aliphatic heterocycles. The number of hydrogen-bond acceptors (Lipinski definition) is 2. The van der Waals surface area contributed by atoms with Gasteiger partial charge in [-0.1, -0.05) is 36.4 Å². The maximum atomic E-state index is 5.81. The van der Waals surface area contributed by atoms with Gasteiger partial charge in [0.15, 0.2) is 0 Å². The number of hydrogen-bond donors (Lipinski definition) is 1. The van der Waals surface area contributed by atoms with Gasteiger partial charge in [0.2, 0.25) is 0 Å².